The number of carbonyl (C=O) groups is 1. The summed E-state index contributed by atoms with van der Waals surface area (Å²) in [5, 5.41) is 0.949. The van der Waals surface area contributed by atoms with Crippen LogP contribution in [0.2, 0.25) is 10.0 Å². The van der Waals surface area contributed by atoms with Crippen LogP contribution >= 0.6 is 23.2 Å². The second-order valence-electron chi connectivity index (χ2n) is 9.30. The van der Waals surface area contributed by atoms with Gasteiger partial charge in [0.25, 0.3) is 0 Å². The van der Waals surface area contributed by atoms with Crippen molar-refractivity contribution in [1.29, 1.82) is 0 Å². The molecule has 0 aliphatic carbocycles. The van der Waals surface area contributed by atoms with Gasteiger partial charge in [0.1, 0.15) is 11.5 Å². The number of nitrogens with zero attached hydrogens (tertiary/aromatic N) is 5. The highest BCUT2D eigenvalue weighted by atomic mass is 35.5. The van der Waals surface area contributed by atoms with Crippen molar-refractivity contribution in [2.75, 3.05) is 37.2 Å². The molecule has 1 aliphatic rings. The van der Waals surface area contributed by atoms with Crippen LogP contribution < -0.4 is 4.31 Å². The molecule has 0 atom stereocenters. The summed E-state index contributed by atoms with van der Waals surface area (Å²) in [7, 11) is -1.97. The van der Waals surface area contributed by atoms with Crippen LogP contribution in [-0.4, -0.2) is 72.3 Å². The van der Waals surface area contributed by atoms with E-state index >= 15 is 0 Å². The Kier molecular flexibility index (Phi) is 7.47. The summed E-state index contributed by atoms with van der Waals surface area (Å²) < 4.78 is 42.3. The minimum absolute atomic E-state index is 0.188. The lowest BCUT2D eigenvalue weighted by atomic mass is 10.1. The molecule has 2 aromatic heterocycles. The Morgan fingerprint density at radius 1 is 1.13 bits per heavy atom. The fourth-order valence-corrected chi connectivity index (χ4v) is 5.44. The molecule has 5 rings (SSSR count). The molecule has 0 spiro atoms. The van der Waals surface area contributed by atoms with Crippen LogP contribution in [0.4, 0.5) is 10.1 Å². The number of amides is 1. The summed E-state index contributed by atoms with van der Waals surface area (Å²) in [5.74, 6) is -0.581. The van der Waals surface area contributed by atoms with Gasteiger partial charge in [0.15, 0.2) is 12.8 Å². The van der Waals surface area contributed by atoms with E-state index in [1.807, 2.05) is 16.7 Å². The Hall–Kier alpha value is -3.31. The van der Waals surface area contributed by atoms with Gasteiger partial charge in [-0.25, -0.2) is 22.6 Å². The maximum atomic E-state index is 13.3. The molecule has 4 aromatic rings. The van der Waals surface area contributed by atoms with Crippen molar-refractivity contribution in [3.63, 3.8) is 0 Å². The molecule has 39 heavy (non-hydrogen) atoms. The number of hydrogen-bond donors (Lipinski definition) is 0. The fraction of sp³-hybridized carbons (Fsp3) is 0.222. The second kappa shape index (κ2) is 10.7. The van der Waals surface area contributed by atoms with E-state index in [-0.39, 0.29) is 5.91 Å². The summed E-state index contributed by atoms with van der Waals surface area (Å²) in [6.07, 6.45) is 4.70. The number of sulfonamides is 1. The number of carbonyl (C=O) groups excluding carboxylic acids is 1. The Morgan fingerprint density at radius 3 is 2.51 bits per heavy atom. The quantitative estimate of drug-likeness (QED) is 0.308. The summed E-state index contributed by atoms with van der Waals surface area (Å²) >= 11 is 12.7. The van der Waals surface area contributed by atoms with E-state index in [1.165, 1.54) is 35.6 Å². The molecular weight excluding hydrogens is 564 g/mol. The minimum atomic E-state index is -3.47. The normalized spacial score (nSPS) is 14.4. The van der Waals surface area contributed by atoms with Crippen LogP contribution in [0, 0.1) is 5.82 Å². The molecule has 3 heterocycles. The smallest absolute Gasteiger partial charge is 0.300 e. The number of aromatic nitrogens is 2. The standard InChI is InChI=1S/C27H25Cl2FN5O3S/c1-32(39(2,37)38)21-8-10-25-31-26(22-9-5-19(28)15-23(22)29)24(35(25)16-21)17-33-11-13-34(14-12-33)27(36)18-3-6-20(30)7-4-18/h3-10,13,15-16H,11-12,14,17H2,1-2H3/q+1. The number of pyridine rings is 1. The number of anilines is 1. The molecule has 1 amide bonds. The summed E-state index contributed by atoms with van der Waals surface area (Å²) in [6.45, 7) is 1.97. The molecule has 12 heteroatoms. The van der Waals surface area contributed by atoms with Crippen molar-refractivity contribution >= 4 is 56.7 Å². The summed E-state index contributed by atoms with van der Waals surface area (Å²) in [5.41, 5.74) is 3.70. The lowest BCUT2D eigenvalue weighted by Gasteiger charge is -2.23. The second-order valence-corrected chi connectivity index (χ2v) is 12.2. The van der Waals surface area contributed by atoms with Gasteiger partial charge in [0.2, 0.25) is 10.0 Å². The van der Waals surface area contributed by atoms with E-state index in [0.717, 1.165) is 11.9 Å². The first-order valence-corrected chi connectivity index (χ1v) is 14.6. The van der Waals surface area contributed by atoms with Gasteiger partial charge in [0, 0.05) is 30.4 Å². The van der Waals surface area contributed by atoms with Gasteiger partial charge in [-0.2, -0.15) is 4.58 Å². The van der Waals surface area contributed by atoms with E-state index in [4.69, 9.17) is 28.2 Å². The lowest BCUT2D eigenvalue weighted by Crippen LogP contribution is -2.41. The first-order chi connectivity index (χ1) is 18.5. The third kappa shape index (κ3) is 5.69. The van der Waals surface area contributed by atoms with Gasteiger partial charge in [-0.15, -0.1) is 0 Å². The predicted octanol–water partition coefficient (Wildman–Crippen LogP) is 4.58. The number of benzene rings is 2. The zero-order valence-corrected chi connectivity index (χ0v) is 23.5. The van der Waals surface area contributed by atoms with Crippen molar-refractivity contribution in [2.45, 2.75) is 6.54 Å². The minimum Gasteiger partial charge on any atom is -0.300 e. The average molecular weight is 590 g/mol. The maximum absolute atomic E-state index is 13.3. The fourth-order valence-electron chi connectivity index (χ4n) is 4.45. The third-order valence-electron chi connectivity index (χ3n) is 6.69. The van der Waals surface area contributed by atoms with Gasteiger partial charge in [-0.3, -0.25) is 13.6 Å². The molecule has 0 saturated carbocycles. The highest BCUT2D eigenvalue weighted by Crippen LogP contribution is 2.34. The van der Waals surface area contributed by atoms with Crippen molar-refractivity contribution in [3.8, 4) is 11.3 Å². The maximum Gasteiger partial charge on any atom is 0.419 e. The third-order valence-corrected chi connectivity index (χ3v) is 8.45. The molecule has 0 radical (unpaired) electrons. The first kappa shape index (κ1) is 27.3. The first-order valence-electron chi connectivity index (χ1n) is 12.0. The van der Waals surface area contributed by atoms with Crippen molar-refractivity contribution in [1.82, 2.24) is 14.3 Å². The summed E-state index contributed by atoms with van der Waals surface area (Å²) in [4.78, 5) is 19.8. The number of imidazole rings is 1. The van der Waals surface area contributed by atoms with Crippen LogP contribution in [0.15, 0.2) is 60.8 Å². The molecule has 8 nitrogen and oxygen atoms in total. The van der Waals surface area contributed by atoms with Crippen LogP contribution in [0.3, 0.4) is 0 Å². The molecular formula is C27H25Cl2FN5O3S+. The lowest BCUT2D eigenvalue weighted by molar-refractivity contribution is -0.431. The van der Waals surface area contributed by atoms with E-state index < -0.39 is 15.8 Å². The molecule has 2 aromatic carbocycles. The average Bonchev–Trinajstić information content (AvgIpc) is 3.25. The SMILES string of the molecule is CN(c1ccc2nc(-c3ccc(Cl)cc3Cl)c(CN3CC=[N+](C(=O)c4ccc(F)cc4)CC3)n2c1)S(C)(=O)=O. The van der Waals surface area contributed by atoms with Gasteiger partial charge >= 0.3 is 5.91 Å². The molecule has 0 fully saturated rings. The molecule has 1 aliphatic heterocycles. The van der Waals surface area contributed by atoms with E-state index in [9.17, 15) is 17.6 Å². The zero-order valence-electron chi connectivity index (χ0n) is 21.2. The summed E-state index contributed by atoms with van der Waals surface area (Å²) in [6, 6.07) is 14.2. The Balaban J connectivity index is 1.50. The molecule has 0 unspecified atom stereocenters. The highest BCUT2D eigenvalue weighted by Gasteiger charge is 2.27. The van der Waals surface area contributed by atoms with Crippen molar-refractivity contribution < 1.29 is 22.2 Å². The molecule has 202 valence electrons. The van der Waals surface area contributed by atoms with E-state index in [2.05, 4.69) is 4.90 Å². The number of fused-ring (bicyclic) bond motifs is 1. The highest BCUT2D eigenvalue weighted by molar-refractivity contribution is 7.92. The monoisotopic (exact) mass is 588 g/mol. The largest absolute Gasteiger partial charge is 0.419 e. The van der Waals surface area contributed by atoms with Gasteiger partial charge in [0.05, 0.1) is 47.0 Å². The van der Waals surface area contributed by atoms with Gasteiger partial charge in [-0.05, 0) is 54.6 Å². The van der Waals surface area contributed by atoms with Crippen LogP contribution in [0.1, 0.15) is 16.1 Å². The topological polar surface area (TPSA) is 78.0 Å². The number of rotatable bonds is 6. The van der Waals surface area contributed by atoms with E-state index in [1.54, 1.807) is 35.0 Å². The van der Waals surface area contributed by atoms with Crippen LogP contribution in [-0.2, 0) is 16.6 Å². The molecule has 0 saturated heterocycles. The van der Waals surface area contributed by atoms with Gasteiger partial charge in [-0.1, -0.05) is 23.2 Å². The zero-order chi connectivity index (χ0) is 27.9. The van der Waals surface area contributed by atoms with Crippen LogP contribution in [0.5, 0.6) is 0 Å². The van der Waals surface area contributed by atoms with Crippen LogP contribution in [0.25, 0.3) is 16.9 Å². The predicted molar refractivity (Wildman–Crippen MR) is 151 cm³/mol. The molecule has 0 bridgehead atoms. The number of hydrogen-bond acceptors (Lipinski definition) is 5. The Morgan fingerprint density at radius 2 is 1.87 bits per heavy atom. The van der Waals surface area contributed by atoms with Crippen molar-refractivity contribution in [2.24, 2.45) is 0 Å². The number of halogens is 3. The Bertz CT molecular complexity index is 1720. The van der Waals surface area contributed by atoms with E-state index in [0.29, 0.717) is 64.4 Å². The Labute approximate surface area is 235 Å². The molecule has 0 N–H and O–H groups in total. The van der Waals surface area contributed by atoms with Crippen molar-refractivity contribution in [3.05, 3.63) is 87.9 Å². The van der Waals surface area contributed by atoms with Gasteiger partial charge < -0.3 is 0 Å².